The van der Waals surface area contributed by atoms with E-state index >= 15 is 0 Å². The van der Waals surface area contributed by atoms with Gasteiger partial charge in [0.25, 0.3) is 0 Å². The summed E-state index contributed by atoms with van der Waals surface area (Å²) in [6.45, 7) is 3.11. The highest BCUT2D eigenvalue weighted by Gasteiger charge is 2.60. The van der Waals surface area contributed by atoms with E-state index in [2.05, 4.69) is 0 Å². The third-order valence-electron chi connectivity index (χ3n) is 4.04. The molecular weight excluding hydrogens is 232 g/mol. The van der Waals surface area contributed by atoms with Crippen LogP contribution >= 0.6 is 0 Å². The second kappa shape index (κ2) is 3.90. The van der Waals surface area contributed by atoms with Gasteiger partial charge in [0.2, 0.25) is 0 Å². The van der Waals surface area contributed by atoms with Crippen molar-refractivity contribution in [2.75, 3.05) is 13.2 Å². The number of hydrogen-bond donors (Lipinski definition) is 1. The van der Waals surface area contributed by atoms with E-state index in [0.29, 0.717) is 24.7 Å². The minimum Gasteiger partial charge on any atom is -0.486 e. The van der Waals surface area contributed by atoms with Gasteiger partial charge in [-0.15, -0.1) is 0 Å². The topological polar surface area (TPSA) is 55.8 Å². The van der Waals surface area contributed by atoms with Gasteiger partial charge in [0.1, 0.15) is 13.2 Å². The predicted molar refractivity (Wildman–Crippen MR) is 65.1 cm³/mol. The number of rotatable bonds is 3. The summed E-state index contributed by atoms with van der Waals surface area (Å²) in [6, 6.07) is 5.51. The maximum Gasteiger partial charge on any atom is 0.314 e. The number of carbonyl (C=O) groups is 1. The predicted octanol–water partition coefficient (Wildman–Crippen LogP) is 2.21. The lowest BCUT2D eigenvalue weighted by Crippen LogP contribution is -2.23. The summed E-state index contributed by atoms with van der Waals surface area (Å²) in [5.41, 5.74) is 0.135. The van der Waals surface area contributed by atoms with Gasteiger partial charge in [-0.1, -0.05) is 19.4 Å². The lowest BCUT2D eigenvalue weighted by molar-refractivity contribution is -0.140. The van der Waals surface area contributed by atoms with Crippen LogP contribution in [0.4, 0.5) is 0 Å². The van der Waals surface area contributed by atoms with E-state index in [1.807, 2.05) is 25.1 Å². The van der Waals surface area contributed by atoms with Crippen molar-refractivity contribution in [2.24, 2.45) is 5.92 Å². The lowest BCUT2D eigenvalue weighted by Gasteiger charge is -2.21. The van der Waals surface area contributed by atoms with Crippen molar-refractivity contribution in [1.82, 2.24) is 0 Å². The van der Waals surface area contributed by atoms with Crippen LogP contribution in [0, 0.1) is 5.92 Å². The molecule has 18 heavy (non-hydrogen) atoms. The zero-order valence-corrected chi connectivity index (χ0v) is 10.3. The second-order valence-corrected chi connectivity index (χ2v) is 4.94. The van der Waals surface area contributed by atoms with Gasteiger partial charge in [0.05, 0.1) is 5.41 Å². The van der Waals surface area contributed by atoms with Crippen LogP contribution in [0.3, 0.4) is 0 Å². The fourth-order valence-corrected chi connectivity index (χ4v) is 2.88. The summed E-state index contributed by atoms with van der Waals surface area (Å²) >= 11 is 0. The first-order chi connectivity index (χ1) is 8.68. The first kappa shape index (κ1) is 11.4. The van der Waals surface area contributed by atoms with Crippen molar-refractivity contribution in [3.05, 3.63) is 23.8 Å². The van der Waals surface area contributed by atoms with Gasteiger partial charge in [-0.2, -0.15) is 0 Å². The van der Waals surface area contributed by atoms with Gasteiger partial charge in [-0.3, -0.25) is 4.79 Å². The number of fused-ring (bicyclic) bond motifs is 1. The Morgan fingerprint density at radius 1 is 1.39 bits per heavy atom. The van der Waals surface area contributed by atoms with Crippen molar-refractivity contribution in [2.45, 2.75) is 25.2 Å². The fourth-order valence-electron chi connectivity index (χ4n) is 2.88. The van der Waals surface area contributed by atoms with Gasteiger partial charge in [-0.25, -0.2) is 0 Å². The molecule has 96 valence electrons. The molecule has 0 amide bonds. The maximum atomic E-state index is 11.5. The smallest absolute Gasteiger partial charge is 0.314 e. The van der Waals surface area contributed by atoms with Gasteiger partial charge in [-0.05, 0) is 30.0 Å². The standard InChI is InChI=1S/C14H16O4/c1-2-9-8-14(9,13(15)16)10-3-4-11-12(7-10)18-6-5-17-11/h3-4,7,9H,2,5-6,8H2,1H3,(H,15,16). The number of benzene rings is 1. The van der Waals surface area contributed by atoms with E-state index in [4.69, 9.17) is 9.47 Å². The van der Waals surface area contributed by atoms with Crippen molar-refractivity contribution < 1.29 is 19.4 Å². The summed E-state index contributed by atoms with van der Waals surface area (Å²) < 4.78 is 11.0. The molecule has 4 heteroatoms. The van der Waals surface area contributed by atoms with Crippen molar-refractivity contribution in [3.63, 3.8) is 0 Å². The van der Waals surface area contributed by atoms with Gasteiger partial charge < -0.3 is 14.6 Å². The van der Waals surface area contributed by atoms with E-state index in [-0.39, 0.29) is 5.92 Å². The third-order valence-corrected chi connectivity index (χ3v) is 4.04. The Hall–Kier alpha value is -1.71. The molecule has 0 aromatic heterocycles. The van der Waals surface area contributed by atoms with E-state index < -0.39 is 11.4 Å². The Kier molecular flexibility index (Phi) is 2.47. The molecule has 0 saturated heterocycles. The van der Waals surface area contributed by atoms with Crippen LogP contribution in [0.1, 0.15) is 25.3 Å². The number of carboxylic acid groups (broad SMARTS) is 1. The molecule has 1 aromatic carbocycles. The van der Waals surface area contributed by atoms with Crippen LogP contribution in [-0.2, 0) is 10.2 Å². The van der Waals surface area contributed by atoms with Crippen molar-refractivity contribution >= 4 is 5.97 Å². The van der Waals surface area contributed by atoms with Crippen molar-refractivity contribution in [3.8, 4) is 11.5 Å². The monoisotopic (exact) mass is 248 g/mol. The molecular formula is C14H16O4. The van der Waals surface area contributed by atoms with Crippen LogP contribution in [0.2, 0.25) is 0 Å². The molecule has 1 aromatic rings. The van der Waals surface area contributed by atoms with Crippen molar-refractivity contribution in [1.29, 1.82) is 0 Å². The highest BCUT2D eigenvalue weighted by molar-refractivity contribution is 5.86. The minimum atomic E-state index is -0.731. The molecule has 2 atom stereocenters. The molecule has 1 N–H and O–H groups in total. The number of aliphatic carboxylic acids is 1. The normalized spacial score (nSPS) is 28.8. The Morgan fingerprint density at radius 3 is 2.72 bits per heavy atom. The molecule has 1 heterocycles. The molecule has 0 radical (unpaired) electrons. The van der Waals surface area contributed by atoms with Crippen LogP contribution in [-0.4, -0.2) is 24.3 Å². The summed E-state index contributed by atoms with van der Waals surface area (Å²) in [4.78, 5) is 11.5. The first-order valence-electron chi connectivity index (χ1n) is 6.32. The van der Waals surface area contributed by atoms with Crippen LogP contribution in [0.15, 0.2) is 18.2 Å². The minimum absolute atomic E-state index is 0.234. The molecule has 2 aliphatic rings. The SMILES string of the molecule is CCC1CC1(C(=O)O)c1ccc2c(c1)OCCO2. The van der Waals surface area contributed by atoms with E-state index in [0.717, 1.165) is 18.4 Å². The average molecular weight is 248 g/mol. The number of ether oxygens (including phenoxy) is 2. The van der Waals surface area contributed by atoms with E-state index in [1.165, 1.54) is 0 Å². The van der Waals surface area contributed by atoms with E-state index in [9.17, 15) is 9.90 Å². The average Bonchev–Trinajstić information content (AvgIpc) is 3.14. The first-order valence-corrected chi connectivity index (χ1v) is 6.32. The van der Waals surface area contributed by atoms with Crippen LogP contribution in [0.25, 0.3) is 0 Å². The molecule has 1 saturated carbocycles. The van der Waals surface area contributed by atoms with E-state index in [1.54, 1.807) is 0 Å². The zero-order chi connectivity index (χ0) is 12.8. The van der Waals surface area contributed by atoms with Gasteiger partial charge in [0, 0.05) is 0 Å². The van der Waals surface area contributed by atoms with Gasteiger partial charge in [0.15, 0.2) is 11.5 Å². The lowest BCUT2D eigenvalue weighted by atomic mass is 9.92. The Bertz CT molecular complexity index is 497. The fraction of sp³-hybridized carbons (Fsp3) is 0.500. The molecule has 1 aliphatic carbocycles. The molecule has 0 spiro atoms. The summed E-state index contributed by atoms with van der Waals surface area (Å²) in [5, 5.41) is 9.49. The molecule has 2 unspecified atom stereocenters. The van der Waals surface area contributed by atoms with Gasteiger partial charge >= 0.3 is 5.97 Å². The number of hydrogen-bond acceptors (Lipinski definition) is 3. The highest BCUT2D eigenvalue weighted by Crippen LogP contribution is 2.57. The Labute approximate surface area is 106 Å². The summed E-state index contributed by atoms with van der Waals surface area (Å²) in [6.07, 6.45) is 1.61. The third kappa shape index (κ3) is 1.48. The summed E-state index contributed by atoms with van der Waals surface area (Å²) in [7, 11) is 0. The Balaban J connectivity index is 1.99. The molecule has 0 bridgehead atoms. The quantitative estimate of drug-likeness (QED) is 0.891. The highest BCUT2D eigenvalue weighted by atomic mass is 16.6. The maximum absolute atomic E-state index is 11.5. The Morgan fingerprint density at radius 2 is 2.11 bits per heavy atom. The molecule has 3 rings (SSSR count). The largest absolute Gasteiger partial charge is 0.486 e. The molecule has 4 nitrogen and oxygen atoms in total. The number of carboxylic acids is 1. The molecule has 1 fully saturated rings. The molecule has 1 aliphatic heterocycles. The van der Waals surface area contributed by atoms with Crippen LogP contribution < -0.4 is 9.47 Å². The zero-order valence-electron chi connectivity index (χ0n) is 10.3. The summed E-state index contributed by atoms with van der Waals surface area (Å²) in [5.74, 6) is 0.879. The second-order valence-electron chi connectivity index (χ2n) is 4.94. The van der Waals surface area contributed by atoms with Crippen LogP contribution in [0.5, 0.6) is 11.5 Å².